The number of aliphatic hydroxyl groups excluding tert-OH is 1. The minimum Gasteiger partial charge on any atom is -0.404 e. The predicted octanol–water partition coefficient (Wildman–Crippen LogP) is 1.87. The SMILES string of the molecule is CCCCc1ccc(Nc2ccc(C(=O)N[C@@H](CCN)C(=O)N[C@H](C(=O)N[C@@H](N)C(=O)N[C@@H](CCCCN)C(=O)N[C@@H](C)B3OC4C[C@@H]5C[C@@H](C5(C)C)[C@]4(C)O3)[C@@H](C)O)cc2)cc1. The Labute approximate surface area is 372 Å². The normalized spacial score (nSPS) is 23.7. The van der Waals surface area contributed by atoms with Gasteiger partial charge in [-0.15, -0.1) is 0 Å². The Morgan fingerprint density at radius 3 is 2.02 bits per heavy atom. The molecule has 0 spiro atoms. The van der Waals surface area contributed by atoms with Gasteiger partial charge in [-0.05, 0) is 144 Å². The Balaban J connectivity index is 1.13. The second kappa shape index (κ2) is 21.9. The smallest absolute Gasteiger partial charge is 0.404 e. The number of hydrogen-bond acceptors (Lipinski definition) is 12. The summed E-state index contributed by atoms with van der Waals surface area (Å²) in [5, 5.41) is 26.9. The zero-order valence-corrected chi connectivity index (χ0v) is 37.7. The summed E-state index contributed by atoms with van der Waals surface area (Å²) in [6, 6.07) is 11.1. The fourth-order valence-electron chi connectivity index (χ4n) is 9.18. The van der Waals surface area contributed by atoms with Gasteiger partial charge in [0.1, 0.15) is 18.1 Å². The number of anilines is 2. The number of nitrogens with two attached hydrogens (primary N) is 3. The molecule has 17 nitrogen and oxygen atoms in total. The molecule has 2 aromatic rings. The summed E-state index contributed by atoms with van der Waals surface area (Å²) in [4.78, 5) is 67.2. The fourth-order valence-corrected chi connectivity index (χ4v) is 9.18. The zero-order valence-electron chi connectivity index (χ0n) is 37.7. The molecule has 5 amide bonds. The standard InChI is InChI=1S/C45H70BN9O8/c1-7-8-11-28-13-17-31(18-14-28)51-32-19-15-29(16-20-32)39(57)52-34(21-23-48)41(59)54-37(26(2)56)42(60)55-38(49)43(61)53-33(12-9-10-22-47)40(58)50-27(3)46-62-36-25-30-24-35(44(30,4)5)45(36,6)63-46/h13-20,26-27,30,33-38,51,56H,7-12,21-25,47-49H2,1-6H3,(H,50,58)(H,52,57)(H,53,61)(H,54,59)(H,55,60)/t26-,27+,30+,33+,34+,35+,36?,37+,38-,45+/m1/s1. The minimum absolute atomic E-state index is 0.0197. The molecule has 3 saturated carbocycles. The number of carbonyl (C=O) groups is 5. The van der Waals surface area contributed by atoms with Gasteiger partial charge in [0.25, 0.3) is 11.8 Å². The van der Waals surface area contributed by atoms with Gasteiger partial charge in [-0.3, -0.25) is 24.0 Å². The summed E-state index contributed by atoms with van der Waals surface area (Å²) < 4.78 is 12.9. The molecule has 0 radical (unpaired) electrons. The average Bonchev–Trinajstić information content (AvgIpc) is 3.62. The van der Waals surface area contributed by atoms with Crippen molar-refractivity contribution in [2.75, 3.05) is 18.4 Å². The van der Waals surface area contributed by atoms with E-state index in [2.05, 4.69) is 71.7 Å². The number of benzene rings is 2. The first-order chi connectivity index (χ1) is 29.9. The number of nitrogens with one attached hydrogen (secondary N) is 6. The number of aryl methyl sites for hydroxylation is 1. The van der Waals surface area contributed by atoms with Gasteiger partial charge in [-0.1, -0.05) is 39.3 Å². The number of rotatable bonds is 23. The van der Waals surface area contributed by atoms with E-state index in [0.29, 0.717) is 31.2 Å². The third kappa shape index (κ3) is 12.2. The lowest BCUT2D eigenvalue weighted by molar-refractivity contribution is -0.199. The molecule has 18 heteroatoms. The second-order valence-electron chi connectivity index (χ2n) is 18.3. The van der Waals surface area contributed by atoms with E-state index in [1.807, 2.05) is 12.1 Å². The summed E-state index contributed by atoms with van der Waals surface area (Å²) in [5.41, 5.74) is 20.5. The van der Waals surface area contributed by atoms with E-state index in [1.54, 1.807) is 31.2 Å². The minimum atomic E-state index is -1.67. The van der Waals surface area contributed by atoms with Crippen LogP contribution in [0.15, 0.2) is 48.5 Å². The maximum Gasteiger partial charge on any atom is 0.481 e. The summed E-state index contributed by atoms with van der Waals surface area (Å²) >= 11 is 0. The van der Waals surface area contributed by atoms with Gasteiger partial charge in [0, 0.05) is 16.9 Å². The molecule has 6 rings (SSSR count). The summed E-state index contributed by atoms with van der Waals surface area (Å²) in [5.74, 6) is -3.30. The van der Waals surface area contributed by atoms with Gasteiger partial charge >= 0.3 is 7.12 Å². The summed E-state index contributed by atoms with van der Waals surface area (Å²) in [7, 11) is -0.676. The van der Waals surface area contributed by atoms with Crippen LogP contribution in [0.3, 0.4) is 0 Å². The number of amides is 5. The van der Waals surface area contributed by atoms with Gasteiger partial charge < -0.3 is 63.5 Å². The number of carbonyl (C=O) groups excluding carboxylic acids is 5. The van der Waals surface area contributed by atoms with Crippen molar-refractivity contribution in [3.8, 4) is 0 Å². The zero-order chi connectivity index (χ0) is 46.1. The van der Waals surface area contributed by atoms with Crippen molar-refractivity contribution < 1.29 is 38.4 Å². The van der Waals surface area contributed by atoms with Crippen LogP contribution in [0.1, 0.15) is 109 Å². The lowest BCUT2D eigenvalue weighted by Gasteiger charge is -2.64. The second-order valence-corrected chi connectivity index (χ2v) is 18.3. The van der Waals surface area contributed by atoms with Gasteiger partial charge in [-0.2, -0.15) is 0 Å². The average molecular weight is 876 g/mol. The van der Waals surface area contributed by atoms with Gasteiger partial charge in [0.15, 0.2) is 6.17 Å². The molecule has 10 atom stereocenters. The van der Waals surface area contributed by atoms with Gasteiger partial charge in [-0.25, -0.2) is 0 Å². The van der Waals surface area contributed by atoms with Crippen LogP contribution in [0.5, 0.6) is 0 Å². The maximum absolute atomic E-state index is 13.7. The molecule has 1 aliphatic heterocycles. The van der Waals surface area contributed by atoms with Crippen LogP contribution in [-0.4, -0.2) is 103 Å². The summed E-state index contributed by atoms with van der Waals surface area (Å²) in [6.45, 7) is 12.3. The molecular formula is C45H70BN9O8. The molecule has 0 aromatic heterocycles. The molecule has 4 aliphatic rings. The molecule has 4 fully saturated rings. The van der Waals surface area contributed by atoms with E-state index in [1.165, 1.54) is 12.5 Å². The van der Waals surface area contributed by atoms with E-state index in [4.69, 9.17) is 26.5 Å². The van der Waals surface area contributed by atoms with Crippen LogP contribution in [0.2, 0.25) is 0 Å². The van der Waals surface area contributed by atoms with Crippen LogP contribution in [0.4, 0.5) is 11.4 Å². The first-order valence-electron chi connectivity index (χ1n) is 22.6. The fraction of sp³-hybridized carbons (Fsp3) is 0.622. The highest BCUT2D eigenvalue weighted by Gasteiger charge is 2.68. The monoisotopic (exact) mass is 876 g/mol. The molecule has 3 aliphatic carbocycles. The summed E-state index contributed by atoms with van der Waals surface area (Å²) in [6.07, 6.45) is 3.47. The molecule has 1 heterocycles. The highest BCUT2D eigenvalue weighted by atomic mass is 16.7. The molecule has 2 aromatic carbocycles. The molecule has 2 bridgehead atoms. The van der Waals surface area contributed by atoms with E-state index in [-0.39, 0.29) is 36.5 Å². The third-order valence-electron chi connectivity index (χ3n) is 13.3. The van der Waals surface area contributed by atoms with Crippen LogP contribution < -0.4 is 49.1 Å². The van der Waals surface area contributed by atoms with E-state index >= 15 is 0 Å². The van der Waals surface area contributed by atoms with Crippen LogP contribution in [0, 0.1) is 17.3 Å². The maximum atomic E-state index is 13.7. The Hall–Kier alpha value is -4.59. The first-order valence-corrected chi connectivity index (χ1v) is 22.6. The Bertz CT molecular complexity index is 1890. The molecule has 346 valence electrons. The quantitative estimate of drug-likeness (QED) is 0.0436. The van der Waals surface area contributed by atoms with Crippen LogP contribution in [-0.2, 0) is 34.9 Å². The molecule has 1 unspecified atom stereocenters. The van der Waals surface area contributed by atoms with E-state index in [9.17, 15) is 29.1 Å². The number of hydrogen-bond donors (Lipinski definition) is 10. The van der Waals surface area contributed by atoms with E-state index in [0.717, 1.165) is 43.5 Å². The lowest BCUT2D eigenvalue weighted by atomic mass is 9.43. The topological polar surface area (TPSA) is 274 Å². The first kappa shape index (κ1) is 49.4. The van der Waals surface area contributed by atoms with Crippen LogP contribution >= 0.6 is 0 Å². The Morgan fingerprint density at radius 2 is 1.41 bits per heavy atom. The largest absolute Gasteiger partial charge is 0.481 e. The van der Waals surface area contributed by atoms with E-state index < -0.39 is 78.6 Å². The molecule has 13 N–H and O–H groups in total. The highest BCUT2D eigenvalue weighted by Crippen LogP contribution is 2.65. The molecular weight excluding hydrogens is 805 g/mol. The van der Waals surface area contributed by atoms with Crippen LogP contribution in [0.25, 0.3) is 0 Å². The van der Waals surface area contributed by atoms with Crippen molar-refractivity contribution in [1.82, 2.24) is 26.6 Å². The Morgan fingerprint density at radius 1 is 0.778 bits per heavy atom. The highest BCUT2D eigenvalue weighted by molar-refractivity contribution is 6.47. The number of unbranched alkanes of at least 4 members (excludes halogenated alkanes) is 2. The van der Waals surface area contributed by atoms with Gasteiger partial charge in [0.05, 0.1) is 23.8 Å². The van der Waals surface area contributed by atoms with Gasteiger partial charge in [0.2, 0.25) is 17.7 Å². The van der Waals surface area contributed by atoms with Crippen molar-refractivity contribution in [3.05, 3.63) is 59.7 Å². The predicted molar refractivity (Wildman–Crippen MR) is 242 cm³/mol. The van der Waals surface area contributed by atoms with Crippen molar-refractivity contribution in [2.45, 2.75) is 147 Å². The Kier molecular flexibility index (Phi) is 17.2. The van der Waals surface area contributed by atoms with Crippen molar-refractivity contribution in [2.24, 2.45) is 34.5 Å². The van der Waals surface area contributed by atoms with Crippen molar-refractivity contribution >= 4 is 48.0 Å². The lowest BCUT2D eigenvalue weighted by Crippen LogP contribution is -2.65. The van der Waals surface area contributed by atoms with Crippen molar-refractivity contribution in [3.63, 3.8) is 0 Å². The molecule has 1 saturated heterocycles. The third-order valence-corrected chi connectivity index (χ3v) is 13.3. The number of aliphatic hydroxyl groups is 1. The van der Waals surface area contributed by atoms with Crippen molar-refractivity contribution in [1.29, 1.82) is 0 Å². The molecule has 63 heavy (non-hydrogen) atoms.